The topological polar surface area (TPSA) is 92.0 Å². The van der Waals surface area contributed by atoms with E-state index in [1.807, 2.05) is 36.4 Å². The Kier molecular flexibility index (Phi) is 6.19. The molecule has 4 aromatic rings. The van der Waals surface area contributed by atoms with Crippen LogP contribution >= 0.6 is 27.3 Å². The van der Waals surface area contributed by atoms with Crippen molar-refractivity contribution < 1.29 is 14.7 Å². The van der Waals surface area contributed by atoms with Crippen molar-refractivity contribution >= 4 is 50.3 Å². The van der Waals surface area contributed by atoms with E-state index in [9.17, 15) is 19.5 Å². The number of amides is 2. The summed E-state index contributed by atoms with van der Waals surface area (Å²) >= 11 is 4.14. The number of hydrogen-bond acceptors (Lipinski definition) is 5. The monoisotopic (exact) mass is 547 g/mol. The largest absolute Gasteiger partial charge is 0.493 e. The van der Waals surface area contributed by atoms with Gasteiger partial charge in [0, 0.05) is 15.4 Å². The fourth-order valence-corrected chi connectivity index (χ4v) is 5.20. The standard InChI is InChI=1S/C26H18BrN3O4S/c27-17-11-12-20-19(14-17)22(24(32)28-20)23-25(33)30(26(34)35-23)15-29(18-9-5-2-6-10-18)21(31)13-16-7-3-1-4-8-16/h1-12,14,33H,13,15H2. The van der Waals surface area contributed by atoms with Gasteiger partial charge in [-0.05, 0) is 35.9 Å². The van der Waals surface area contributed by atoms with Crippen molar-refractivity contribution in [1.29, 1.82) is 0 Å². The number of para-hydroxylation sites is 1. The summed E-state index contributed by atoms with van der Waals surface area (Å²) in [6.07, 6.45) is 0.123. The molecule has 9 heteroatoms. The fourth-order valence-electron chi connectivity index (χ4n) is 3.91. The number of benzene rings is 3. The van der Waals surface area contributed by atoms with E-state index in [2.05, 4.69) is 20.9 Å². The van der Waals surface area contributed by atoms with Crippen LogP contribution < -0.4 is 20.3 Å². The Hall–Kier alpha value is -3.82. The Bertz CT molecular complexity index is 1630. The van der Waals surface area contributed by atoms with E-state index in [-0.39, 0.29) is 35.3 Å². The summed E-state index contributed by atoms with van der Waals surface area (Å²) in [4.78, 5) is 44.1. The first-order chi connectivity index (χ1) is 16.9. The molecule has 0 atom stereocenters. The highest BCUT2D eigenvalue weighted by atomic mass is 79.9. The minimum absolute atomic E-state index is 0.123. The average Bonchev–Trinajstić information content (AvgIpc) is 3.32. The zero-order chi connectivity index (χ0) is 24.5. The van der Waals surface area contributed by atoms with Gasteiger partial charge in [-0.15, -0.1) is 0 Å². The fraction of sp³-hybridized carbons (Fsp3) is 0.0769. The quantitative estimate of drug-likeness (QED) is 0.401. The maximum absolute atomic E-state index is 13.3. The van der Waals surface area contributed by atoms with E-state index in [0.717, 1.165) is 25.9 Å². The Labute approximate surface area is 212 Å². The Morgan fingerprint density at radius 2 is 1.69 bits per heavy atom. The number of fused-ring (bicyclic) bond motifs is 1. The van der Waals surface area contributed by atoms with Crippen LogP contribution in [0.5, 0.6) is 5.88 Å². The normalized spacial score (nSPS) is 12.4. The minimum Gasteiger partial charge on any atom is -0.493 e. The van der Waals surface area contributed by atoms with Gasteiger partial charge >= 0.3 is 4.87 Å². The molecule has 7 nitrogen and oxygen atoms in total. The molecular formula is C26H18BrN3O4S. The van der Waals surface area contributed by atoms with Gasteiger partial charge in [-0.2, -0.15) is 0 Å². The molecule has 2 heterocycles. The smallest absolute Gasteiger partial charge is 0.312 e. The first-order valence-electron chi connectivity index (χ1n) is 10.7. The van der Waals surface area contributed by atoms with E-state index < -0.39 is 10.8 Å². The van der Waals surface area contributed by atoms with Crippen molar-refractivity contribution in [3.8, 4) is 5.88 Å². The van der Waals surface area contributed by atoms with Crippen molar-refractivity contribution in [3.63, 3.8) is 0 Å². The number of aromatic hydroxyl groups is 1. The number of thiazole rings is 1. The molecule has 1 aliphatic rings. The molecule has 35 heavy (non-hydrogen) atoms. The van der Waals surface area contributed by atoms with E-state index in [4.69, 9.17) is 0 Å². The van der Waals surface area contributed by atoms with Crippen LogP contribution in [0.1, 0.15) is 10.4 Å². The third-order valence-electron chi connectivity index (χ3n) is 5.61. The van der Waals surface area contributed by atoms with Crippen molar-refractivity contribution in [2.24, 2.45) is 4.99 Å². The minimum atomic E-state index is -0.526. The molecule has 0 saturated carbocycles. The summed E-state index contributed by atoms with van der Waals surface area (Å²) in [5, 5.41) is 12.1. The third-order valence-corrected chi connectivity index (χ3v) is 7.09. The van der Waals surface area contributed by atoms with Crippen LogP contribution in [0, 0.1) is 0 Å². The van der Waals surface area contributed by atoms with Gasteiger partial charge < -0.3 is 5.11 Å². The molecule has 2 amide bonds. The number of anilines is 1. The second-order valence-electron chi connectivity index (χ2n) is 7.86. The molecule has 0 bridgehead atoms. The molecule has 174 valence electrons. The molecule has 0 saturated heterocycles. The SMILES string of the molecule is O=C1N=c2ccc(Br)cc2=C1c1sc(=O)n(CN(C(=O)Cc2ccccc2)c2ccccc2)c1O. The van der Waals surface area contributed by atoms with Crippen molar-refractivity contribution in [2.45, 2.75) is 13.1 Å². The van der Waals surface area contributed by atoms with Crippen LogP contribution in [-0.4, -0.2) is 21.5 Å². The van der Waals surface area contributed by atoms with Crippen LogP contribution in [-0.2, 0) is 22.7 Å². The molecule has 0 spiro atoms. The highest BCUT2D eigenvalue weighted by molar-refractivity contribution is 9.10. The summed E-state index contributed by atoms with van der Waals surface area (Å²) in [5.74, 6) is -1.14. The highest BCUT2D eigenvalue weighted by Crippen LogP contribution is 2.29. The molecule has 5 rings (SSSR count). The summed E-state index contributed by atoms with van der Waals surface area (Å²) in [6.45, 7) is -0.208. The molecular weight excluding hydrogens is 530 g/mol. The number of halogens is 1. The number of rotatable bonds is 6. The molecule has 1 aromatic heterocycles. The number of carbonyl (C=O) groups is 2. The molecule has 0 radical (unpaired) electrons. The van der Waals surface area contributed by atoms with E-state index in [1.165, 1.54) is 4.90 Å². The lowest BCUT2D eigenvalue weighted by atomic mass is 10.1. The predicted molar refractivity (Wildman–Crippen MR) is 137 cm³/mol. The lowest BCUT2D eigenvalue weighted by molar-refractivity contribution is -0.118. The number of nitrogens with zero attached hydrogens (tertiary/aromatic N) is 3. The van der Waals surface area contributed by atoms with Gasteiger partial charge in [-0.1, -0.05) is 75.8 Å². The summed E-state index contributed by atoms with van der Waals surface area (Å²) < 4.78 is 1.85. The van der Waals surface area contributed by atoms with E-state index >= 15 is 0 Å². The van der Waals surface area contributed by atoms with Crippen LogP contribution in [0.15, 0.2) is 93.1 Å². The Morgan fingerprint density at radius 3 is 2.40 bits per heavy atom. The summed E-state index contributed by atoms with van der Waals surface area (Å²) in [7, 11) is 0. The maximum Gasteiger partial charge on any atom is 0.312 e. The zero-order valence-corrected chi connectivity index (χ0v) is 20.6. The predicted octanol–water partition coefficient (Wildman–Crippen LogP) is 2.97. The van der Waals surface area contributed by atoms with Gasteiger partial charge in [0.2, 0.25) is 11.8 Å². The lowest BCUT2D eigenvalue weighted by Crippen LogP contribution is -2.36. The van der Waals surface area contributed by atoms with Crippen LogP contribution in [0.4, 0.5) is 5.69 Å². The number of aromatic nitrogens is 1. The second kappa shape index (κ2) is 9.44. The summed E-state index contributed by atoms with van der Waals surface area (Å²) in [6, 6.07) is 23.4. The van der Waals surface area contributed by atoms with Crippen LogP contribution in [0.3, 0.4) is 0 Å². The second-order valence-corrected chi connectivity index (χ2v) is 9.74. The number of hydrogen-bond donors (Lipinski definition) is 1. The zero-order valence-electron chi connectivity index (χ0n) is 18.2. The maximum atomic E-state index is 13.3. The molecule has 1 N–H and O–H groups in total. The van der Waals surface area contributed by atoms with Crippen molar-refractivity contribution in [2.75, 3.05) is 4.90 Å². The highest BCUT2D eigenvalue weighted by Gasteiger charge is 2.28. The van der Waals surface area contributed by atoms with Gasteiger partial charge in [0.15, 0.2) is 0 Å². The van der Waals surface area contributed by atoms with Gasteiger partial charge in [0.1, 0.15) is 11.5 Å². The third kappa shape index (κ3) is 4.48. The molecule has 3 aromatic carbocycles. The van der Waals surface area contributed by atoms with Gasteiger partial charge in [-0.3, -0.25) is 23.9 Å². The average molecular weight is 548 g/mol. The Balaban J connectivity index is 1.56. The lowest BCUT2D eigenvalue weighted by Gasteiger charge is -2.23. The van der Waals surface area contributed by atoms with Crippen molar-refractivity contribution in [3.05, 3.63) is 114 Å². The first kappa shape index (κ1) is 22.9. The molecule has 0 fully saturated rings. The first-order valence-corrected chi connectivity index (χ1v) is 12.3. The van der Waals surface area contributed by atoms with Gasteiger partial charge in [0.05, 0.1) is 17.4 Å². The number of carbonyl (C=O) groups excluding carboxylic acids is 2. The molecule has 0 unspecified atom stereocenters. The van der Waals surface area contributed by atoms with E-state index in [0.29, 0.717) is 16.3 Å². The van der Waals surface area contributed by atoms with Crippen LogP contribution in [0.25, 0.3) is 5.57 Å². The summed E-state index contributed by atoms with van der Waals surface area (Å²) in [5.41, 5.74) is 1.58. The van der Waals surface area contributed by atoms with Crippen LogP contribution in [0.2, 0.25) is 0 Å². The van der Waals surface area contributed by atoms with E-state index in [1.54, 1.807) is 42.5 Å². The Morgan fingerprint density at radius 1 is 1.00 bits per heavy atom. The molecule has 1 aliphatic heterocycles. The molecule has 0 aliphatic carbocycles. The van der Waals surface area contributed by atoms with Crippen molar-refractivity contribution in [1.82, 2.24) is 4.57 Å². The van der Waals surface area contributed by atoms with Gasteiger partial charge in [-0.25, -0.2) is 4.99 Å². The van der Waals surface area contributed by atoms with Gasteiger partial charge in [0.25, 0.3) is 5.91 Å².